The zero-order chi connectivity index (χ0) is 21.4. The van der Waals surface area contributed by atoms with Gasteiger partial charge in [0.1, 0.15) is 11.6 Å². The van der Waals surface area contributed by atoms with Gasteiger partial charge in [-0.15, -0.1) is 0 Å². The third-order valence-corrected chi connectivity index (χ3v) is 5.56. The lowest BCUT2D eigenvalue weighted by Crippen LogP contribution is -2.03. The van der Waals surface area contributed by atoms with Crippen molar-refractivity contribution in [3.63, 3.8) is 0 Å². The molecular formula is C23H16Cl2FN5. The molecule has 0 spiro atoms. The Morgan fingerprint density at radius 1 is 0.903 bits per heavy atom. The Kier molecular flexibility index (Phi) is 5.18. The summed E-state index contributed by atoms with van der Waals surface area (Å²) in [5.74, 6) is 0.190. The van der Waals surface area contributed by atoms with Crippen LogP contribution in [0.1, 0.15) is 11.1 Å². The topological polar surface area (TPSA) is 48.5 Å². The van der Waals surface area contributed by atoms with Gasteiger partial charge in [0.2, 0.25) is 0 Å². The summed E-state index contributed by atoms with van der Waals surface area (Å²) >= 11 is 12.1. The Hall–Kier alpha value is -3.22. The molecule has 0 amide bonds. The molecular weight excluding hydrogens is 436 g/mol. The quantitative estimate of drug-likeness (QED) is 0.337. The number of imidazole rings is 2. The molecule has 0 fully saturated rings. The lowest BCUT2D eigenvalue weighted by Gasteiger charge is -2.11. The van der Waals surface area contributed by atoms with Crippen molar-refractivity contribution in [2.45, 2.75) is 13.1 Å². The van der Waals surface area contributed by atoms with E-state index >= 15 is 0 Å². The van der Waals surface area contributed by atoms with Crippen molar-refractivity contribution in [1.82, 2.24) is 24.1 Å². The smallest absolute Gasteiger partial charge is 0.144 e. The van der Waals surface area contributed by atoms with Gasteiger partial charge in [0, 0.05) is 48.0 Å². The summed E-state index contributed by atoms with van der Waals surface area (Å²) in [6.07, 6.45) is 8.96. The summed E-state index contributed by atoms with van der Waals surface area (Å²) < 4.78 is 18.1. The molecule has 0 aliphatic heterocycles. The Bertz CT molecular complexity index is 1360. The Labute approximate surface area is 187 Å². The number of hydrogen-bond acceptors (Lipinski definition) is 3. The molecule has 0 unspecified atom stereocenters. The second-order valence-corrected chi connectivity index (χ2v) is 8.06. The SMILES string of the molecule is Fc1cc2nc(-c3cncc(Cn4ccnc4)c3)n(Cc3ccc(Cl)cc3)c2cc1Cl. The zero-order valence-electron chi connectivity index (χ0n) is 16.2. The summed E-state index contributed by atoms with van der Waals surface area (Å²) in [5, 5.41) is 0.726. The molecule has 0 aliphatic rings. The molecule has 0 radical (unpaired) electrons. The minimum atomic E-state index is -0.496. The fraction of sp³-hybridized carbons (Fsp3) is 0.0870. The number of aromatic nitrogens is 5. The van der Waals surface area contributed by atoms with Gasteiger partial charge in [0.15, 0.2) is 0 Å². The monoisotopic (exact) mass is 451 g/mol. The normalized spacial score (nSPS) is 11.3. The number of fused-ring (bicyclic) bond motifs is 1. The maximum Gasteiger partial charge on any atom is 0.144 e. The molecule has 3 aromatic heterocycles. The van der Waals surface area contributed by atoms with E-state index in [-0.39, 0.29) is 5.02 Å². The fourth-order valence-electron chi connectivity index (χ4n) is 3.56. The molecule has 0 saturated carbocycles. The zero-order valence-corrected chi connectivity index (χ0v) is 17.7. The van der Waals surface area contributed by atoms with E-state index in [1.54, 1.807) is 24.8 Å². The second kappa shape index (κ2) is 8.13. The number of benzene rings is 2. The van der Waals surface area contributed by atoms with E-state index in [1.807, 2.05) is 51.9 Å². The molecule has 0 saturated heterocycles. The van der Waals surface area contributed by atoms with Crippen LogP contribution in [0, 0.1) is 5.82 Å². The van der Waals surface area contributed by atoms with Crippen LogP contribution in [-0.2, 0) is 13.1 Å². The summed E-state index contributed by atoms with van der Waals surface area (Å²) in [7, 11) is 0. The van der Waals surface area contributed by atoms with Crippen molar-refractivity contribution in [2.24, 2.45) is 0 Å². The molecule has 2 aromatic carbocycles. The number of rotatable bonds is 5. The summed E-state index contributed by atoms with van der Waals surface area (Å²) in [4.78, 5) is 13.2. The van der Waals surface area contributed by atoms with Crippen molar-refractivity contribution >= 4 is 34.2 Å². The molecule has 5 nitrogen and oxygen atoms in total. The maximum atomic E-state index is 14.1. The van der Waals surface area contributed by atoms with Crippen molar-refractivity contribution in [3.05, 3.63) is 101 Å². The third kappa shape index (κ3) is 4.04. The molecule has 31 heavy (non-hydrogen) atoms. The molecule has 8 heteroatoms. The van der Waals surface area contributed by atoms with Gasteiger partial charge in [-0.2, -0.15) is 0 Å². The van der Waals surface area contributed by atoms with Crippen LogP contribution in [0.5, 0.6) is 0 Å². The van der Waals surface area contributed by atoms with Gasteiger partial charge in [-0.1, -0.05) is 35.3 Å². The van der Waals surface area contributed by atoms with E-state index < -0.39 is 5.82 Å². The van der Waals surface area contributed by atoms with Crippen LogP contribution in [0.2, 0.25) is 10.0 Å². The third-order valence-electron chi connectivity index (χ3n) is 5.02. The highest BCUT2D eigenvalue weighted by molar-refractivity contribution is 6.31. The van der Waals surface area contributed by atoms with Crippen LogP contribution in [0.15, 0.2) is 73.6 Å². The van der Waals surface area contributed by atoms with Crippen LogP contribution in [0.25, 0.3) is 22.4 Å². The Morgan fingerprint density at radius 2 is 1.74 bits per heavy atom. The van der Waals surface area contributed by atoms with Gasteiger partial charge in [0.05, 0.1) is 28.9 Å². The fourth-order valence-corrected chi connectivity index (χ4v) is 3.84. The van der Waals surface area contributed by atoms with Crippen molar-refractivity contribution in [1.29, 1.82) is 0 Å². The van der Waals surface area contributed by atoms with Gasteiger partial charge >= 0.3 is 0 Å². The van der Waals surface area contributed by atoms with Crippen LogP contribution >= 0.6 is 23.2 Å². The van der Waals surface area contributed by atoms with E-state index in [0.717, 1.165) is 22.2 Å². The van der Waals surface area contributed by atoms with Gasteiger partial charge in [-0.05, 0) is 35.4 Å². The maximum absolute atomic E-state index is 14.1. The Morgan fingerprint density at radius 3 is 2.52 bits per heavy atom. The van der Waals surface area contributed by atoms with Crippen molar-refractivity contribution < 1.29 is 4.39 Å². The second-order valence-electron chi connectivity index (χ2n) is 7.22. The van der Waals surface area contributed by atoms with Gasteiger partial charge < -0.3 is 9.13 Å². The standard InChI is InChI=1S/C23H16Cl2FN5/c24-18-3-1-15(2-4-18)13-31-22-8-19(25)20(26)9-21(22)29-23(31)17-7-16(10-28-11-17)12-30-6-5-27-14-30/h1-11,14H,12-13H2. The Balaban J connectivity index is 1.63. The van der Waals surface area contributed by atoms with Gasteiger partial charge in [-0.3, -0.25) is 4.98 Å². The highest BCUT2D eigenvalue weighted by Crippen LogP contribution is 2.30. The van der Waals surface area contributed by atoms with Crippen LogP contribution in [0.4, 0.5) is 4.39 Å². The van der Waals surface area contributed by atoms with Gasteiger partial charge in [0.25, 0.3) is 0 Å². The molecule has 0 N–H and O–H groups in total. The average molecular weight is 452 g/mol. The average Bonchev–Trinajstić information content (AvgIpc) is 3.39. The first-order valence-corrected chi connectivity index (χ1v) is 10.3. The molecule has 3 heterocycles. The predicted molar refractivity (Wildman–Crippen MR) is 120 cm³/mol. The largest absolute Gasteiger partial charge is 0.333 e. The highest BCUT2D eigenvalue weighted by Gasteiger charge is 2.16. The van der Waals surface area contributed by atoms with Crippen LogP contribution < -0.4 is 0 Å². The number of nitrogens with zero attached hydrogens (tertiary/aromatic N) is 5. The van der Waals surface area contributed by atoms with Crippen molar-refractivity contribution in [2.75, 3.05) is 0 Å². The molecule has 0 bridgehead atoms. The lowest BCUT2D eigenvalue weighted by molar-refractivity contribution is 0.629. The van der Waals surface area contributed by atoms with Crippen molar-refractivity contribution in [3.8, 4) is 11.4 Å². The minimum absolute atomic E-state index is 0.0586. The highest BCUT2D eigenvalue weighted by atomic mass is 35.5. The van der Waals surface area contributed by atoms with E-state index in [2.05, 4.69) is 9.97 Å². The summed E-state index contributed by atoms with van der Waals surface area (Å²) in [6.45, 7) is 1.16. The lowest BCUT2D eigenvalue weighted by atomic mass is 10.1. The number of hydrogen-bond donors (Lipinski definition) is 0. The van der Waals surface area contributed by atoms with E-state index in [4.69, 9.17) is 28.2 Å². The molecule has 5 rings (SSSR count). The van der Waals surface area contributed by atoms with Crippen LogP contribution in [0.3, 0.4) is 0 Å². The van der Waals surface area contributed by atoms with E-state index in [9.17, 15) is 4.39 Å². The number of pyridine rings is 1. The summed E-state index contributed by atoms with van der Waals surface area (Å²) in [5.41, 5.74) is 4.15. The predicted octanol–water partition coefficient (Wildman–Crippen LogP) is 5.84. The first-order chi connectivity index (χ1) is 15.1. The molecule has 0 aliphatic carbocycles. The van der Waals surface area contributed by atoms with E-state index in [0.29, 0.717) is 29.5 Å². The van der Waals surface area contributed by atoms with E-state index in [1.165, 1.54) is 6.07 Å². The molecule has 5 aromatic rings. The van der Waals surface area contributed by atoms with Gasteiger partial charge in [-0.25, -0.2) is 14.4 Å². The first-order valence-electron chi connectivity index (χ1n) is 9.56. The minimum Gasteiger partial charge on any atom is -0.333 e. The molecule has 154 valence electrons. The summed E-state index contributed by atoms with van der Waals surface area (Å²) in [6, 6.07) is 12.6. The van der Waals surface area contributed by atoms with Crippen LogP contribution in [-0.4, -0.2) is 24.1 Å². The first kappa shape index (κ1) is 19.7. The molecule has 0 atom stereocenters. The number of halogens is 3.